The van der Waals surface area contributed by atoms with Crippen LogP contribution in [-0.4, -0.2) is 11.0 Å². The molecule has 22 heavy (non-hydrogen) atoms. The fourth-order valence-corrected chi connectivity index (χ4v) is 2.65. The zero-order chi connectivity index (χ0) is 15.7. The lowest BCUT2D eigenvalue weighted by Gasteiger charge is -2.13. The van der Waals surface area contributed by atoms with Gasteiger partial charge >= 0.3 is 0 Å². The Hall–Kier alpha value is -2.05. The lowest BCUT2D eigenvalue weighted by molar-refractivity contribution is -0.113. The Labute approximate surface area is 140 Å². The standard InChI is InChI=1S/C16H10BrFN2OS/c17-11-3-7-13(8-4-11)20-15(21)14(19-16(20)22)9-10-1-5-12(18)6-2-10/h1-9H,(H,19,22)/b14-9-. The van der Waals surface area contributed by atoms with Crippen molar-refractivity contribution in [2.45, 2.75) is 0 Å². The molecule has 2 aromatic rings. The minimum atomic E-state index is -0.320. The Bertz CT molecular complexity index is 772. The molecule has 1 aliphatic heterocycles. The molecule has 0 aromatic heterocycles. The van der Waals surface area contributed by atoms with Crippen LogP contribution in [0.25, 0.3) is 6.08 Å². The van der Waals surface area contributed by atoms with E-state index < -0.39 is 0 Å². The quantitative estimate of drug-likeness (QED) is 0.638. The van der Waals surface area contributed by atoms with Gasteiger partial charge < -0.3 is 5.32 Å². The topological polar surface area (TPSA) is 32.3 Å². The normalized spacial score (nSPS) is 16.3. The molecule has 1 N–H and O–H groups in total. The van der Waals surface area contributed by atoms with Crippen LogP contribution in [-0.2, 0) is 4.79 Å². The third-order valence-electron chi connectivity index (χ3n) is 3.14. The molecule has 0 aliphatic carbocycles. The average molecular weight is 377 g/mol. The molecule has 6 heteroatoms. The van der Waals surface area contributed by atoms with Gasteiger partial charge in [-0.25, -0.2) is 4.39 Å². The molecule has 3 rings (SSSR count). The van der Waals surface area contributed by atoms with Crippen molar-refractivity contribution in [3.63, 3.8) is 0 Å². The lowest BCUT2D eigenvalue weighted by Crippen LogP contribution is -2.30. The van der Waals surface area contributed by atoms with E-state index in [1.807, 2.05) is 12.1 Å². The summed E-state index contributed by atoms with van der Waals surface area (Å²) in [5.41, 5.74) is 1.77. The van der Waals surface area contributed by atoms with Crippen LogP contribution in [0.3, 0.4) is 0 Å². The number of halogens is 2. The van der Waals surface area contributed by atoms with E-state index in [1.54, 1.807) is 30.3 Å². The van der Waals surface area contributed by atoms with E-state index in [9.17, 15) is 9.18 Å². The molecule has 0 bridgehead atoms. The van der Waals surface area contributed by atoms with Crippen molar-refractivity contribution in [3.05, 3.63) is 70.1 Å². The molecule has 1 amide bonds. The van der Waals surface area contributed by atoms with E-state index in [2.05, 4.69) is 21.2 Å². The smallest absolute Gasteiger partial charge is 0.281 e. The number of hydrogen-bond acceptors (Lipinski definition) is 2. The summed E-state index contributed by atoms with van der Waals surface area (Å²) >= 11 is 8.58. The molecule has 1 aliphatic rings. The number of carbonyl (C=O) groups excluding carboxylic acids is 1. The molecular formula is C16H10BrFN2OS. The first-order chi connectivity index (χ1) is 10.5. The molecule has 0 unspecified atom stereocenters. The van der Waals surface area contributed by atoms with Gasteiger partial charge in [0.15, 0.2) is 5.11 Å². The van der Waals surface area contributed by atoms with Gasteiger partial charge in [-0.3, -0.25) is 9.69 Å². The molecule has 1 heterocycles. The number of carbonyl (C=O) groups is 1. The van der Waals surface area contributed by atoms with Crippen molar-refractivity contribution in [1.82, 2.24) is 5.32 Å². The maximum absolute atomic E-state index is 12.9. The largest absolute Gasteiger partial charge is 0.327 e. The number of rotatable bonds is 2. The van der Waals surface area contributed by atoms with E-state index in [0.29, 0.717) is 16.5 Å². The average Bonchev–Trinajstić information content (AvgIpc) is 2.77. The first-order valence-corrected chi connectivity index (χ1v) is 7.63. The molecule has 0 atom stereocenters. The molecule has 3 nitrogen and oxygen atoms in total. The zero-order valence-electron chi connectivity index (χ0n) is 11.2. The number of nitrogens with one attached hydrogen (secondary N) is 1. The van der Waals surface area contributed by atoms with Crippen LogP contribution in [0.5, 0.6) is 0 Å². The second kappa shape index (κ2) is 5.98. The van der Waals surface area contributed by atoms with Gasteiger partial charge in [0.05, 0.1) is 5.69 Å². The fourth-order valence-electron chi connectivity index (χ4n) is 2.09. The van der Waals surface area contributed by atoms with Crippen molar-refractivity contribution in [1.29, 1.82) is 0 Å². The monoisotopic (exact) mass is 376 g/mol. The molecule has 1 fully saturated rings. The first kappa shape index (κ1) is 14.9. The Morgan fingerprint density at radius 2 is 1.73 bits per heavy atom. The maximum Gasteiger partial charge on any atom is 0.281 e. The van der Waals surface area contributed by atoms with E-state index >= 15 is 0 Å². The highest BCUT2D eigenvalue weighted by Crippen LogP contribution is 2.24. The predicted molar refractivity (Wildman–Crippen MR) is 91.7 cm³/mol. The van der Waals surface area contributed by atoms with E-state index in [4.69, 9.17) is 12.2 Å². The predicted octanol–water partition coefficient (Wildman–Crippen LogP) is 3.85. The number of thiocarbonyl (C=S) groups is 1. The van der Waals surface area contributed by atoms with Crippen molar-refractivity contribution >= 4 is 50.9 Å². The summed E-state index contributed by atoms with van der Waals surface area (Å²) in [5.74, 6) is -0.559. The number of benzene rings is 2. The Balaban J connectivity index is 1.91. The summed E-state index contributed by atoms with van der Waals surface area (Å²) in [6.07, 6.45) is 1.65. The minimum Gasteiger partial charge on any atom is -0.327 e. The van der Waals surface area contributed by atoms with E-state index in [-0.39, 0.29) is 11.7 Å². The minimum absolute atomic E-state index is 0.239. The zero-order valence-corrected chi connectivity index (χ0v) is 13.6. The van der Waals surface area contributed by atoms with Gasteiger partial charge in [0.2, 0.25) is 0 Å². The van der Waals surface area contributed by atoms with Crippen LogP contribution in [0.15, 0.2) is 58.7 Å². The number of anilines is 1. The van der Waals surface area contributed by atoms with Crippen LogP contribution in [0.1, 0.15) is 5.56 Å². The van der Waals surface area contributed by atoms with Crippen molar-refractivity contribution < 1.29 is 9.18 Å². The van der Waals surface area contributed by atoms with Gasteiger partial charge in [-0.1, -0.05) is 28.1 Å². The third-order valence-corrected chi connectivity index (χ3v) is 3.96. The Kier molecular flexibility index (Phi) is 4.04. The van der Waals surface area contributed by atoms with Gasteiger partial charge in [-0.05, 0) is 60.3 Å². The van der Waals surface area contributed by atoms with Gasteiger partial charge in [-0.15, -0.1) is 0 Å². The Morgan fingerprint density at radius 3 is 2.36 bits per heavy atom. The molecule has 0 radical (unpaired) electrons. The molecule has 0 spiro atoms. The second-order valence-electron chi connectivity index (χ2n) is 4.66. The maximum atomic E-state index is 12.9. The van der Waals surface area contributed by atoms with Gasteiger partial charge in [-0.2, -0.15) is 0 Å². The number of amides is 1. The van der Waals surface area contributed by atoms with E-state index in [1.165, 1.54) is 17.0 Å². The summed E-state index contributed by atoms with van der Waals surface area (Å²) in [5, 5.41) is 3.21. The third kappa shape index (κ3) is 2.93. The molecular weight excluding hydrogens is 367 g/mol. The van der Waals surface area contributed by atoms with E-state index in [0.717, 1.165) is 10.0 Å². The van der Waals surface area contributed by atoms with Crippen molar-refractivity contribution in [3.8, 4) is 0 Å². The molecule has 2 aromatic carbocycles. The number of hydrogen-bond donors (Lipinski definition) is 1. The van der Waals surface area contributed by atoms with Crippen molar-refractivity contribution in [2.75, 3.05) is 4.90 Å². The first-order valence-electron chi connectivity index (χ1n) is 6.43. The summed E-state index contributed by atoms with van der Waals surface area (Å²) in [7, 11) is 0. The summed E-state index contributed by atoms with van der Waals surface area (Å²) in [6, 6.07) is 13.2. The van der Waals surface area contributed by atoms with Crippen LogP contribution in [0, 0.1) is 5.82 Å². The Morgan fingerprint density at radius 1 is 1.09 bits per heavy atom. The summed E-state index contributed by atoms with van der Waals surface area (Å²) in [4.78, 5) is 13.9. The second-order valence-corrected chi connectivity index (χ2v) is 5.96. The highest BCUT2D eigenvalue weighted by Gasteiger charge is 2.31. The van der Waals surface area contributed by atoms with Gasteiger partial charge in [0, 0.05) is 4.47 Å². The van der Waals surface area contributed by atoms with Crippen molar-refractivity contribution in [2.24, 2.45) is 0 Å². The molecule has 110 valence electrons. The SMILES string of the molecule is O=C1/C(=C/c2ccc(F)cc2)NC(=S)N1c1ccc(Br)cc1. The van der Waals surface area contributed by atoms with Crippen LogP contribution in [0.4, 0.5) is 10.1 Å². The lowest BCUT2D eigenvalue weighted by atomic mass is 10.2. The summed E-state index contributed by atoms with van der Waals surface area (Å²) < 4.78 is 13.8. The van der Waals surface area contributed by atoms with Crippen LogP contribution in [0.2, 0.25) is 0 Å². The highest BCUT2D eigenvalue weighted by atomic mass is 79.9. The van der Waals surface area contributed by atoms with Gasteiger partial charge in [0.25, 0.3) is 5.91 Å². The van der Waals surface area contributed by atoms with Gasteiger partial charge in [0.1, 0.15) is 11.5 Å². The van der Waals surface area contributed by atoms with Crippen LogP contribution >= 0.6 is 28.1 Å². The highest BCUT2D eigenvalue weighted by molar-refractivity contribution is 9.10. The number of nitrogens with zero attached hydrogens (tertiary/aromatic N) is 1. The molecule has 0 saturated carbocycles. The summed E-state index contributed by atoms with van der Waals surface area (Å²) in [6.45, 7) is 0. The fraction of sp³-hybridized carbons (Fsp3) is 0. The van der Waals surface area contributed by atoms with Crippen LogP contribution < -0.4 is 10.2 Å². The molecule has 1 saturated heterocycles.